The number of carbonyl (C=O) groups excluding carboxylic acids is 1. The van der Waals surface area contributed by atoms with Crippen LogP contribution >= 0.6 is 0 Å². The van der Waals surface area contributed by atoms with E-state index < -0.39 is 0 Å². The van der Waals surface area contributed by atoms with Crippen LogP contribution in [-0.4, -0.2) is 24.6 Å². The Balaban J connectivity index is 1.67. The Morgan fingerprint density at radius 3 is 2.52 bits per heavy atom. The van der Waals surface area contributed by atoms with Crippen LogP contribution in [-0.2, 0) is 11.3 Å². The molecule has 1 fully saturated rings. The first-order chi connectivity index (χ1) is 10.3. The molecule has 0 saturated carbocycles. The maximum Gasteiger partial charge on any atom is 0.410 e. The van der Waals surface area contributed by atoms with Crippen LogP contribution in [0.2, 0.25) is 0 Å². The van der Waals surface area contributed by atoms with Crippen LogP contribution in [0.5, 0.6) is 5.75 Å². The summed E-state index contributed by atoms with van der Waals surface area (Å²) in [5, 5.41) is 0. The Morgan fingerprint density at radius 1 is 1.14 bits per heavy atom. The number of methoxy groups -OCH3 is 1. The highest BCUT2D eigenvalue weighted by molar-refractivity contribution is 5.70. The third-order valence-corrected chi connectivity index (χ3v) is 3.59. The maximum absolute atomic E-state index is 12.0. The molecule has 4 heteroatoms. The van der Waals surface area contributed by atoms with Gasteiger partial charge in [-0.05, 0) is 23.3 Å². The molecule has 0 radical (unpaired) electrons. The molecule has 1 aliphatic rings. The van der Waals surface area contributed by atoms with Crippen molar-refractivity contribution in [2.45, 2.75) is 12.6 Å². The minimum absolute atomic E-state index is 0.183. The van der Waals surface area contributed by atoms with Gasteiger partial charge in [-0.15, -0.1) is 0 Å². The van der Waals surface area contributed by atoms with Gasteiger partial charge in [-0.1, -0.05) is 42.5 Å². The molecule has 21 heavy (non-hydrogen) atoms. The van der Waals surface area contributed by atoms with Crippen molar-refractivity contribution in [3.63, 3.8) is 0 Å². The van der Waals surface area contributed by atoms with Gasteiger partial charge in [0.1, 0.15) is 11.9 Å². The minimum atomic E-state index is -0.264. The molecule has 4 nitrogen and oxygen atoms in total. The summed E-state index contributed by atoms with van der Waals surface area (Å²) in [5.74, 6) is 0.810. The predicted molar refractivity (Wildman–Crippen MR) is 79.1 cm³/mol. The standard InChI is InChI=1S/C17H17NO3/c1-20-15-9-7-13(8-10-15)11-18-12-16(21-17(18)19)14-5-3-2-4-6-14/h2-10,16H,11-12H2,1H3. The van der Waals surface area contributed by atoms with Crippen molar-refractivity contribution in [2.24, 2.45) is 0 Å². The first kappa shape index (κ1) is 13.5. The molecule has 108 valence electrons. The fraction of sp³-hybridized carbons (Fsp3) is 0.235. The zero-order valence-corrected chi connectivity index (χ0v) is 11.9. The summed E-state index contributed by atoms with van der Waals surface area (Å²) in [6.45, 7) is 1.13. The molecule has 1 atom stereocenters. The Hall–Kier alpha value is -2.49. The SMILES string of the molecule is COc1ccc(CN2CC(c3ccccc3)OC2=O)cc1. The normalized spacial score (nSPS) is 17.7. The summed E-state index contributed by atoms with van der Waals surface area (Å²) in [5.41, 5.74) is 2.09. The average Bonchev–Trinajstić information content (AvgIpc) is 2.90. The van der Waals surface area contributed by atoms with Gasteiger partial charge in [-0.2, -0.15) is 0 Å². The molecular formula is C17H17NO3. The van der Waals surface area contributed by atoms with Crippen LogP contribution in [0.25, 0.3) is 0 Å². The first-order valence-corrected chi connectivity index (χ1v) is 6.89. The second-order valence-corrected chi connectivity index (χ2v) is 5.01. The van der Waals surface area contributed by atoms with Crippen molar-refractivity contribution >= 4 is 6.09 Å². The summed E-state index contributed by atoms with van der Waals surface area (Å²) < 4.78 is 10.6. The molecule has 1 heterocycles. The van der Waals surface area contributed by atoms with Crippen LogP contribution in [0.15, 0.2) is 54.6 Å². The monoisotopic (exact) mass is 283 g/mol. The number of amides is 1. The Bertz CT molecular complexity index is 610. The number of nitrogens with zero attached hydrogens (tertiary/aromatic N) is 1. The topological polar surface area (TPSA) is 38.8 Å². The van der Waals surface area contributed by atoms with Crippen LogP contribution in [0.3, 0.4) is 0 Å². The lowest BCUT2D eigenvalue weighted by Crippen LogP contribution is -2.23. The number of hydrogen-bond acceptors (Lipinski definition) is 3. The van der Waals surface area contributed by atoms with Crippen LogP contribution < -0.4 is 4.74 Å². The molecule has 0 bridgehead atoms. The lowest BCUT2D eigenvalue weighted by atomic mass is 10.1. The van der Waals surface area contributed by atoms with E-state index in [0.29, 0.717) is 13.1 Å². The average molecular weight is 283 g/mol. The van der Waals surface area contributed by atoms with Crippen molar-refractivity contribution in [2.75, 3.05) is 13.7 Å². The van der Waals surface area contributed by atoms with E-state index in [1.165, 1.54) is 0 Å². The largest absolute Gasteiger partial charge is 0.497 e. The zero-order valence-electron chi connectivity index (χ0n) is 11.9. The molecular weight excluding hydrogens is 266 g/mol. The van der Waals surface area contributed by atoms with E-state index in [9.17, 15) is 4.79 Å². The number of ether oxygens (including phenoxy) is 2. The Kier molecular flexibility index (Phi) is 3.77. The zero-order chi connectivity index (χ0) is 14.7. The van der Waals surface area contributed by atoms with E-state index in [2.05, 4.69) is 0 Å². The molecule has 0 aliphatic carbocycles. The molecule has 1 amide bonds. The molecule has 0 aromatic heterocycles. The summed E-state index contributed by atoms with van der Waals surface area (Å²) >= 11 is 0. The molecule has 1 unspecified atom stereocenters. The van der Waals surface area contributed by atoms with E-state index in [4.69, 9.17) is 9.47 Å². The Morgan fingerprint density at radius 2 is 1.86 bits per heavy atom. The van der Waals surface area contributed by atoms with Gasteiger partial charge in [-0.3, -0.25) is 4.90 Å². The minimum Gasteiger partial charge on any atom is -0.497 e. The van der Waals surface area contributed by atoms with Crippen molar-refractivity contribution in [3.05, 3.63) is 65.7 Å². The van der Waals surface area contributed by atoms with Gasteiger partial charge in [-0.25, -0.2) is 4.79 Å². The number of rotatable bonds is 4. The number of cyclic esters (lactones) is 1. The first-order valence-electron chi connectivity index (χ1n) is 6.89. The maximum atomic E-state index is 12.0. The Labute approximate surface area is 123 Å². The third-order valence-electron chi connectivity index (χ3n) is 3.59. The molecule has 2 aromatic rings. The molecule has 2 aromatic carbocycles. The van der Waals surface area contributed by atoms with E-state index in [1.54, 1.807) is 12.0 Å². The van der Waals surface area contributed by atoms with Gasteiger partial charge in [0.05, 0.1) is 13.7 Å². The van der Waals surface area contributed by atoms with Crippen molar-refractivity contribution in [1.82, 2.24) is 4.90 Å². The van der Waals surface area contributed by atoms with Crippen molar-refractivity contribution < 1.29 is 14.3 Å². The lowest BCUT2D eigenvalue weighted by molar-refractivity contribution is 0.132. The summed E-state index contributed by atoms with van der Waals surface area (Å²) in [6, 6.07) is 17.5. The van der Waals surface area contributed by atoms with Crippen LogP contribution in [0.4, 0.5) is 4.79 Å². The van der Waals surface area contributed by atoms with Crippen LogP contribution in [0, 0.1) is 0 Å². The molecule has 3 rings (SSSR count). The summed E-state index contributed by atoms with van der Waals surface area (Å²) in [6.07, 6.45) is -0.448. The highest BCUT2D eigenvalue weighted by Crippen LogP contribution is 2.27. The fourth-order valence-corrected chi connectivity index (χ4v) is 2.43. The van der Waals surface area contributed by atoms with Gasteiger partial charge < -0.3 is 9.47 Å². The fourth-order valence-electron chi connectivity index (χ4n) is 2.43. The van der Waals surface area contributed by atoms with E-state index in [-0.39, 0.29) is 12.2 Å². The summed E-state index contributed by atoms with van der Waals surface area (Å²) in [4.78, 5) is 13.7. The van der Waals surface area contributed by atoms with Gasteiger partial charge in [0, 0.05) is 6.54 Å². The van der Waals surface area contributed by atoms with Crippen molar-refractivity contribution in [1.29, 1.82) is 0 Å². The lowest BCUT2D eigenvalue weighted by Gasteiger charge is -2.13. The predicted octanol–water partition coefficient (Wildman–Crippen LogP) is 3.39. The van der Waals surface area contributed by atoms with Gasteiger partial charge in [0.2, 0.25) is 0 Å². The third kappa shape index (κ3) is 2.99. The van der Waals surface area contributed by atoms with Gasteiger partial charge in [0.25, 0.3) is 0 Å². The smallest absolute Gasteiger partial charge is 0.410 e. The van der Waals surface area contributed by atoms with Crippen LogP contribution in [0.1, 0.15) is 17.2 Å². The van der Waals surface area contributed by atoms with Crippen molar-refractivity contribution in [3.8, 4) is 5.75 Å². The number of hydrogen-bond donors (Lipinski definition) is 0. The number of carbonyl (C=O) groups is 1. The van der Waals surface area contributed by atoms with Gasteiger partial charge >= 0.3 is 6.09 Å². The molecule has 1 aliphatic heterocycles. The highest BCUT2D eigenvalue weighted by atomic mass is 16.6. The second-order valence-electron chi connectivity index (χ2n) is 5.01. The molecule has 0 N–H and O–H groups in total. The summed E-state index contributed by atoms with van der Waals surface area (Å²) in [7, 11) is 1.64. The second kappa shape index (κ2) is 5.87. The highest BCUT2D eigenvalue weighted by Gasteiger charge is 2.31. The molecule has 1 saturated heterocycles. The van der Waals surface area contributed by atoms with E-state index >= 15 is 0 Å². The molecule has 0 spiro atoms. The quantitative estimate of drug-likeness (QED) is 0.863. The number of benzene rings is 2. The van der Waals surface area contributed by atoms with Gasteiger partial charge in [0.15, 0.2) is 0 Å². The van der Waals surface area contributed by atoms with E-state index in [1.807, 2.05) is 54.6 Å². The van der Waals surface area contributed by atoms with E-state index in [0.717, 1.165) is 16.9 Å².